The van der Waals surface area contributed by atoms with Crippen LogP contribution in [0.25, 0.3) is 10.2 Å². The maximum Gasteiger partial charge on any atom is 0.436 e. The summed E-state index contributed by atoms with van der Waals surface area (Å²) in [5.74, 6) is -0.430. The first-order chi connectivity index (χ1) is 19.5. The van der Waals surface area contributed by atoms with Gasteiger partial charge in [0.25, 0.3) is 11.8 Å². The molecule has 40 heavy (non-hydrogen) atoms. The predicted octanol–water partition coefficient (Wildman–Crippen LogP) is 4.61. The molecule has 1 saturated heterocycles. The lowest BCUT2D eigenvalue weighted by molar-refractivity contribution is 0.0934. The Balaban J connectivity index is 1.25. The van der Waals surface area contributed by atoms with Crippen molar-refractivity contribution >= 4 is 51.0 Å². The number of morpholine rings is 1. The van der Waals surface area contributed by atoms with Gasteiger partial charge in [-0.3, -0.25) is 9.59 Å². The maximum atomic E-state index is 13.3. The van der Waals surface area contributed by atoms with Crippen LogP contribution in [-0.4, -0.2) is 60.6 Å². The van der Waals surface area contributed by atoms with Gasteiger partial charge >= 0.3 is 6.09 Å². The second kappa shape index (κ2) is 10.7. The number of benzene rings is 2. The van der Waals surface area contributed by atoms with Gasteiger partial charge in [0.1, 0.15) is 4.83 Å². The highest BCUT2D eigenvalue weighted by Gasteiger charge is 2.45. The summed E-state index contributed by atoms with van der Waals surface area (Å²) >= 11 is 1.13. The molecule has 6 rings (SSSR count). The predicted molar refractivity (Wildman–Crippen MR) is 152 cm³/mol. The highest BCUT2D eigenvalue weighted by molar-refractivity contribution is 7.20. The van der Waals surface area contributed by atoms with E-state index in [0.717, 1.165) is 53.2 Å². The van der Waals surface area contributed by atoms with Gasteiger partial charge in [-0.05, 0) is 55.7 Å². The van der Waals surface area contributed by atoms with Crippen LogP contribution < -0.4 is 15.5 Å². The van der Waals surface area contributed by atoms with E-state index in [1.54, 1.807) is 25.1 Å². The first-order valence-corrected chi connectivity index (χ1v) is 14.1. The van der Waals surface area contributed by atoms with Crippen molar-refractivity contribution in [3.05, 3.63) is 76.7 Å². The summed E-state index contributed by atoms with van der Waals surface area (Å²) in [6.07, 6.45) is 1.03. The van der Waals surface area contributed by atoms with Crippen LogP contribution in [-0.2, 0) is 15.0 Å². The minimum atomic E-state index is -0.681. The zero-order valence-electron chi connectivity index (χ0n) is 22.0. The standard InChI is InChI=1S/C29H29N5O5S/c1-2-39-28(37)34-27-22(18-23(40-27)26(36)31-29(12-13-29)20-6-4-3-5-7-20)24(32-34)30-25(35)19-8-10-21(11-9-19)33-14-16-38-17-15-33/h3-11,18H,2,12-17H2,1H3,(H,31,36)(H,30,32,35). The Hall–Kier alpha value is -4.22. The van der Waals surface area contributed by atoms with Crippen LogP contribution in [0.15, 0.2) is 60.7 Å². The molecule has 2 N–H and O–H groups in total. The summed E-state index contributed by atoms with van der Waals surface area (Å²) in [4.78, 5) is 42.2. The summed E-state index contributed by atoms with van der Waals surface area (Å²) in [6, 6.07) is 18.9. The minimum absolute atomic E-state index is 0.162. The highest BCUT2D eigenvalue weighted by Crippen LogP contribution is 2.46. The molecule has 2 aromatic heterocycles. The van der Waals surface area contributed by atoms with Crippen LogP contribution in [0.3, 0.4) is 0 Å². The Kier molecular flexibility index (Phi) is 6.99. The summed E-state index contributed by atoms with van der Waals surface area (Å²) in [6.45, 7) is 4.82. The molecule has 1 aliphatic heterocycles. The molecule has 0 atom stereocenters. The molecule has 10 nitrogen and oxygen atoms in total. The molecule has 2 aliphatic rings. The second-order valence-electron chi connectivity index (χ2n) is 9.79. The van der Waals surface area contributed by atoms with E-state index in [2.05, 4.69) is 20.6 Å². The molecule has 4 aromatic rings. The number of rotatable bonds is 7. The zero-order chi connectivity index (χ0) is 27.7. The fraction of sp³-hybridized carbons (Fsp3) is 0.310. The van der Waals surface area contributed by atoms with E-state index in [-0.39, 0.29) is 29.8 Å². The smallest absolute Gasteiger partial charge is 0.436 e. The van der Waals surface area contributed by atoms with E-state index < -0.39 is 6.09 Å². The molecule has 0 unspecified atom stereocenters. The van der Waals surface area contributed by atoms with Gasteiger partial charge < -0.3 is 25.0 Å². The third kappa shape index (κ3) is 5.05. The lowest BCUT2D eigenvalue weighted by Gasteiger charge is -2.28. The van der Waals surface area contributed by atoms with Crippen molar-refractivity contribution < 1.29 is 23.9 Å². The van der Waals surface area contributed by atoms with E-state index in [9.17, 15) is 14.4 Å². The van der Waals surface area contributed by atoms with Crippen LogP contribution in [0.1, 0.15) is 45.4 Å². The number of fused-ring (bicyclic) bond motifs is 1. The zero-order valence-corrected chi connectivity index (χ0v) is 22.8. The molecule has 1 aliphatic carbocycles. The fourth-order valence-corrected chi connectivity index (χ4v) is 5.89. The van der Waals surface area contributed by atoms with Crippen molar-refractivity contribution in [1.29, 1.82) is 0 Å². The van der Waals surface area contributed by atoms with Gasteiger partial charge in [-0.1, -0.05) is 30.3 Å². The second-order valence-corrected chi connectivity index (χ2v) is 10.8. The van der Waals surface area contributed by atoms with Crippen LogP contribution in [0.2, 0.25) is 0 Å². The summed E-state index contributed by atoms with van der Waals surface area (Å²) in [5.41, 5.74) is 2.15. The van der Waals surface area contributed by atoms with Gasteiger partial charge in [0.15, 0.2) is 5.82 Å². The summed E-state index contributed by atoms with van der Waals surface area (Å²) in [5, 5.41) is 10.8. The molecule has 3 heterocycles. The minimum Gasteiger partial charge on any atom is -0.448 e. The third-order valence-corrected chi connectivity index (χ3v) is 8.30. The molecular weight excluding hydrogens is 530 g/mol. The molecule has 0 radical (unpaired) electrons. The van der Waals surface area contributed by atoms with Crippen molar-refractivity contribution in [2.24, 2.45) is 0 Å². The number of carbonyl (C=O) groups excluding carboxylic acids is 3. The van der Waals surface area contributed by atoms with E-state index in [0.29, 0.717) is 33.9 Å². The highest BCUT2D eigenvalue weighted by atomic mass is 32.1. The topological polar surface area (TPSA) is 115 Å². The Labute approximate surface area is 234 Å². The maximum absolute atomic E-state index is 13.3. The van der Waals surface area contributed by atoms with Gasteiger partial charge in [0, 0.05) is 24.3 Å². The van der Waals surface area contributed by atoms with E-state index >= 15 is 0 Å². The van der Waals surface area contributed by atoms with Crippen LogP contribution in [0.4, 0.5) is 16.3 Å². The van der Waals surface area contributed by atoms with Gasteiger partial charge in [-0.15, -0.1) is 16.4 Å². The Morgan fingerprint density at radius 1 is 1.02 bits per heavy atom. The van der Waals surface area contributed by atoms with Crippen molar-refractivity contribution in [2.45, 2.75) is 25.3 Å². The Morgan fingerprint density at radius 3 is 2.42 bits per heavy atom. The first-order valence-electron chi connectivity index (χ1n) is 13.3. The lowest BCUT2D eigenvalue weighted by atomic mass is 10.1. The van der Waals surface area contributed by atoms with Crippen LogP contribution in [0.5, 0.6) is 0 Å². The van der Waals surface area contributed by atoms with Crippen molar-refractivity contribution in [3.8, 4) is 0 Å². The van der Waals surface area contributed by atoms with Crippen molar-refractivity contribution in [2.75, 3.05) is 43.1 Å². The quantitative estimate of drug-likeness (QED) is 0.340. The van der Waals surface area contributed by atoms with Gasteiger partial charge in [0.2, 0.25) is 0 Å². The number of carbonyl (C=O) groups is 3. The fourth-order valence-electron chi connectivity index (χ4n) is 4.89. The Bertz CT molecular complexity index is 1550. The number of ether oxygens (including phenoxy) is 2. The van der Waals surface area contributed by atoms with Gasteiger partial charge in [-0.25, -0.2) is 4.79 Å². The van der Waals surface area contributed by atoms with Crippen LogP contribution in [0, 0.1) is 0 Å². The average Bonchev–Trinajstić information content (AvgIpc) is 3.50. The SMILES string of the molecule is CCOC(=O)n1nc(NC(=O)c2ccc(N3CCOCC3)cc2)c2cc(C(=O)NC3(c4ccccc4)CC3)sc21. The molecular formula is C29H29N5O5S. The van der Waals surface area contributed by atoms with Crippen molar-refractivity contribution in [1.82, 2.24) is 15.1 Å². The molecule has 0 spiro atoms. The molecule has 1 saturated carbocycles. The number of aromatic nitrogens is 2. The summed E-state index contributed by atoms with van der Waals surface area (Å²) in [7, 11) is 0. The number of hydrogen-bond acceptors (Lipinski definition) is 8. The van der Waals surface area contributed by atoms with E-state index in [1.165, 1.54) is 0 Å². The Morgan fingerprint density at radius 2 is 1.75 bits per heavy atom. The molecule has 11 heteroatoms. The third-order valence-electron chi connectivity index (χ3n) is 7.19. The molecule has 206 valence electrons. The van der Waals surface area contributed by atoms with Gasteiger partial charge in [0.05, 0.1) is 35.6 Å². The molecule has 2 aromatic carbocycles. The van der Waals surface area contributed by atoms with E-state index in [4.69, 9.17) is 9.47 Å². The first kappa shape index (κ1) is 26.0. The number of nitrogens with one attached hydrogen (secondary N) is 2. The van der Waals surface area contributed by atoms with Crippen molar-refractivity contribution in [3.63, 3.8) is 0 Å². The number of thiophene rings is 1. The van der Waals surface area contributed by atoms with Gasteiger partial charge in [-0.2, -0.15) is 4.68 Å². The van der Waals surface area contributed by atoms with Crippen LogP contribution >= 0.6 is 11.3 Å². The number of hydrogen-bond donors (Lipinski definition) is 2. The summed E-state index contributed by atoms with van der Waals surface area (Å²) < 4.78 is 11.7. The van der Waals surface area contributed by atoms with E-state index in [1.807, 2.05) is 42.5 Å². The molecule has 0 bridgehead atoms. The number of anilines is 2. The monoisotopic (exact) mass is 559 g/mol. The largest absolute Gasteiger partial charge is 0.448 e. The number of nitrogens with zero attached hydrogens (tertiary/aromatic N) is 3. The average molecular weight is 560 g/mol. The normalized spacial score (nSPS) is 16.0. The lowest BCUT2D eigenvalue weighted by Crippen LogP contribution is -2.36. The molecule has 2 amide bonds. The number of amides is 2. The molecule has 2 fully saturated rings.